The van der Waals surface area contributed by atoms with Crippen molar-refractivity contribution in [1.29, 1.82) is 0 Å². The van der Waals surface area contributed by atoms with E-state index in [1.807, 2.05) is 0 Å². The fourth-order valence-electron chi connectivity index (χ4n) is 2.36. The molecule has 0 aromatic heterocycles. The van der Waals surface area contributed by atoms with Crippen molar-refractivity contribution in [2.24, 2.45) is 0 Å². The third-order valence-corrected chi connectivity index (χ3v) is 3.58. The van der Waals surface area contributed by atoms with E-state index in [-0.39, 0.29) is 16.6 Å². The van der Waals surface area contributed by atoms with Crippen molar-refractivity contribution in [1.82, 2.24) is 0 Å². The molecular formula is C15H8ClFO2. The van der Waals surface area contributed by atoms with Crippen LogP contribution in [0.15, 0.2) is 42.5 Å². The summed E-state index contributed by atoms with van der Waals surface area (Å²) in [5.41, 5.74) is 1.16. The number of hydrogen-bond donors (Lipinski definition) is 0. The van der Waals surface area contributed by atoms with Crippen molar-refractivity contribution < 1.29 is 14.0 Å². The minimum Gasteiger partial charge on any atom is -0.293 e. The average Bonchev–Trinajstić information content (AvgIpc) is 2.64. The Hall–Kier alpha value is -2.00. The third kappa shape index (κ3) is 1.78. The van der Waals surface area contributed by atoms with Gasteiger partial charge in [-0.05, 0) is 17.7 Å². The number of fused-ring (bicyclic) bond motifs is 1. The zero-order chi connectivity index (χ0) is 13.6. The van der Waals surface area contributed by atoms with Gasteiger partial charge < -0.3 is 0 Å². The van der Waals surface area contributed by atoms with Crippen molar-refractivity contribution in [3.63, 3.8) is 0 Å². The van der Waals surface area contributed by atoms with E-state index in [4.69, 9.17) is 11.6 Å². The van der Waals surface area contributed by atoms with Crippen molar-refractivity contribution >= 4 is 23.2 Å². The lowest BCUT2D eigenvalue weighted by Gasteiger charge is -2.09. The van der Waals surface area contributed by atoms with Crippen LogP contribution in [0.1, 0.15) is 32.2 Å². The molecule has 0 atom stereocenters. The number of Topliss-reactive ketones (excluding diaryl/α,β-unsaturated/α-hetero) is 2. The van der Waals surface area contributed by atoms with Crippen molar-refractivity contribution in [2.45, 2.75) is 5.92 Å². The third-order valence-electron chi connectivity index (χ3n) is 3.26. The van der Waals surface area contributed by atoms with Crippen LogP contribution in [0.25, 0.3) is 0 Å². The first-order valence-electron chi connectivity index (χ1n) is 5.72. The first kappa shape index (κ1) is 12.1. The van der Waals surface area contributed by atoms with Crippen LogP contribution in [0.3, 0.4) is 0 Å². The second-order valence-corrected chi connectivity index (χ2v) is 4.78. The van der Waals surface area contributed by atoms with Gasteiger partial charge in [-0.3, -0.25) is 9.59 Å². The van der Waals surface area contributed by atoms with E-state index in [9.17, 15) is 14.0 Å². The molecule has 0 spiro atoms. The SMILES string of the molecule is O=C1c2ccccc2C(=O)C1c1ccc(F)cc1Cl. The number of rotatable bonds is 1. The van der Waals surface area contributed by atoms with Crippen molar-refractivity contribution in [2.75, 3.05) is 0 Å². The van der Waals surface area contributed by atoms with Gasteiger partial charge in [0.05, 0.1) is 0 Å². The van der Waals surface area contributed by atoms with Crippen LogP contribution in [0.5, 0.6) is 0 Å². The Morgan fingerprint density at radius 1 is 0.947 bits per heavy atom. The average molecular weight is 275 g/mol. The summed E-state index contributed by atoms with van der Waals surface area (Å²) in [5, 5.41) is 0.0968. The number of hydrogen-bond acceptors (Lipinski definition) is 2. The van der Waals surface area contributed by atoms with E-state index in [0.717, 1.165) is 6.07 Å². The lowest BCUT2D eigenvalue weighted by atomic mass is 9.94. The summed E-state index contributed by atoms with van der Waals surface area (Å²) in [6, 6.07) is 10.4. The highest BCUT2D eigenvalue weighted by Crippen LogP contribution is 2.36. The number of ketones is 2. The van der Waals surface area contributed by atoms with Gasteiger partial charge in [-0.1, -0.05) is 41.9 Å². The Bertz CT molecular complexity index is 674. The smallest absolute Gasteiger partial charge is 0.178 e. The van der Waals surface area contributed by atoms with Gasteiger partial charge in [0.2, 0.25) is 0 Å². The highest BCUT2D eigenvalue weighted by molar-refractivity contribution is 6.35. The topological polar surface area (TPSA) is 34.1 Å². The number of benzene rings is 2. The van der Waals surface area contributed by atoms with E-state index in [1.165, 1.54) is 12.1 Å². The molecule has 1 aliphatic rings. The van der Waals surface area contributed by atoms with E-state index in [0.29, 0.717) is 16.7 Å². The van der Waals surface area contributed by atoms with Gasteiger partial charge in [0.15, 0.2) is 11.6 Å². The quantitative estimate of drug-likeness (QED) is 0.744. The maximum atomic E-state index is 13.0. The monoisotopic (exact) mass is 274 g/mol. The predicted molar refractivity (Wildman–Crippen MR) is 69.3 cm³/mol. The summed E-state index contributed by atoms with van der Waals surface area (Å²) >= 11 is 5.94. The Labute approximate surface area is 113 Å². The molecule has 0 aliphatic heterocycles. The molecule has 4 heteroatoms. The van der Waals surface area contributed by atoms with Gasteiger partial charge in [-0.2, -0.15) is 0 Å². The Morgan fingerprint density at radius 2 is 1.53 bits per heavy atom. The molecule has 19 heavy (non-hydrogen) atoms. The molecule has 0 amide bonds. The molecule has 0 saturated heterocycles. The number of carbonyl (C=O) groups is 2. The molecule has 2 aromatic carbocycles. The standard InChI is InChI=1S/C15H8ClFO2/c16-12-7-8(17)5-6-11(12)13-14(18)9-3-1-2-4-10(9)15(13)19/h1-7,13H. The second-order valence-electron chi connectivity index (χ2n) is 4.37. The molecule has 3 rings (SSSR count). The molecule has 1 aliphatic carbocycles. The van der Waals surface area contributed by atoms with Gasteiger partial charge in [-0.15, -0.1) is 0 Å². The maximum absolute atomic E-state index is 13.0. The summed E-state index contributed by atoms with van der Waals surface area (Å²) in [6.07, 6.45) is 0. The molecule has 0 heterocycles. The van der Waals surface area contributed by atoms with Crippen LogP contribution in [0, 0.1) is 5.82 Å². The molecule has 0 radical (unpaired) electrons. The molecule has 0 bridgehead atoms. The highest BCUT2D eigenvalue weighted by Gasteiger charge is 2.40. The molecule has 0 N–H and O–H groups in total. The van der Waals surface area contributed by atoms with Gasteiger partial charge in [0.1, 0.15) is 11.7 Å². The normalized spacial score (nSPS) is 14.8. The Kier molecular flexibility index (Phi) is 2.72. The van der Waals surface area contributed by atoms with Gasteiger partial charge >= 0.3 is 0 Å². The first-order valence-corrected chi connectivity index (χ1v) is 6.10. The summed E-state index contributed by atoms with van der Waals surface area (Å²) in [7, 11) is 0. The minimum absolute atomic E-state index is 0.0968. The first-order chi connectivity index (χ1) is 9.09. The van der Waals surface area contributed by atoms with Crippen LogP contribution < -0.4 is 0 Å². The van der Waals surface area contributed by atoms with E-state index in [1.54, 1.807) is 24.3 Å². The molecule has 94 valence electrons. The molecule has 2 nitrogen and oxygen atoms in total. The summed E-state index contributed by atoms with van der Waals surface area (Å²) < 4.78 is 13.0. The van der Waals surface area contributed by atoms with Crippen LogP contribution in [0.2, 0.25) is 5.02 Å². The fourth-order valence-corrected chi connectivity index (χ4v) is 2.64. The Morgan fingerprint density at radius 3 is 2.05 bits per heavy atom. The van der Waals surface area contributed by atoms with E-state index >= 15 is 0 Å². The van der Waals surface area contributed by atoms with Crippen LogP contribution in [-0.4, -0.2) is 11.6 Å². The molecule has 2 aromatic rings. The zero-order valence-electron chi connectivity index (χ0n) is 9.69. The van der Waals surface area contributed by atoms with Crippen LogP contribution >= 0.6 is 11.6 Å². The highest BCUT2D eigenvalue weighted by atomic mass is 35.5. The number of carbonyl (C=O) groups excluding carboxylic acids is 2. The van der Waals surface area contributed by atoms with Crippen molar-refractivity contribution in [3.8, 4) is 0 Å². The van der Waals surface area contributed by atoms with E-state index in [2.05, 4.69) is 0 Å². The fraction of sp³-hybridized carbons (Fsp3) is 0.0667. The molecular weight excluding hydrogens is 267 g/mol. The molecule has 0 unspecified atom stereocenters. The lowest BCUT2D eigenvalue weighted by Crippen LogP contribution is -2.13. The molecule has 0 saturated carbocycles. The largest absolute Gasteiger partial charge is 0.293 e. The predicted octanol–water partition coefficient (Wildman–Crippen LogP) is 3.64. The Balaban J connectivity index is 2.14. The maximum Gasteiger partial charge on any atom is 0.178 e. The van der Waals surface area contributed by atoms with Gasteiger partial charge in [-0.25, -0.2) is 4.39 Å². The van der Waals surface area contributed by atoms with Gasteiger partial charge in [0, 0.05) is 16.1 Å². The number of halogens is 2. The van der Waals surface area contributed by atoms with Crippen LogP contribution in [0.4, 0.5) is 4.39 Å². The van der Waals surface area contributed by atoms with Crippen LogP contribution in [-0.2, 0) is 0 Å². The minimum atomic E-state index is -0.953. The van der Waals surface area contributed by atoms with Gasteiger partial charge in [0.25, 0.3) is 0 Å². The second kappa shape index (κ2) is 4.28. The molecule has 0 fully saturated rings. The lowest BCUT2D eigenvalue weighted by molar-refractivity contribution is 0.0890. The summed E-state index contributed by atoms with van der Waals surface area (Å²) in [6.45, 7) is 0. The summed E-state index contributed by atoms with van der Waals surface area (Å²) in [5.74, 6) is -2.02. The van der Waals surface area contributed by atoms with E-state index < -0.39 is 11.7 Å². The van der Waals surface area contributed by atoms with Crippen molar-refractivity contribution in [3.05, 3.63) is 70.0 Å². The zero-order valence-corrected chi connectivity index (χ0v) is 10.4. The summed E-state index contributed by atoms with van der Waals surface area (Å²) in [4.78, 5) is 24.5.